The molecule has 20 heavy (non-hydrogen) atoms. The highest BCUT2D eigenvalue weighted by atomic mass is 32.2. The van der Waals surface area contributed by atoms with Crippen LogP contribution in [0.15, 0.2) is 29.2 Å². The predicted octanol–water partition coefficient (Wildman–Crippen LogP) is 1.74. The van der Waals surface area contributed by atoms with Crippen LogP contribution in [0.4, 0.5) is 0 Å². The summed E-state index contributed by atoms with van der Waals surface area (Å²) >= 11 is 0. The smallest absolute Gasteiger partial charge is 0.243 e. The van der Waals surface area contributed by atoms with Crippen molar-refractivity contribution in [3.63, 3.8) is 0 Å². The van der Waals surface area contributed by atoms with E-state index in [0.717, 1.165) is 0 Å². The SMILES string of the molecule is CC(C)COc1ccc(S(=O)(=O)N2CCOCC2)cc1. The molecule has 0 aliphatic carbocycles. The molecule has 1 aromatic carbocycles. The highest BCUT2D eigenvalue weighted by molar-refractivity contribution is 7.89. The summed E-state index contributed by atoms with van der Waals surface area (Å²) in [6, 6.07) is 6.60. The molecule has 1 fully saturated rings. The number of rotatable bonds is 5. The van der Waals surface area contributed by atoms with E-state index >= 15 is 0 Å². The van der Waals surface area contributed by atoms with E-state index in [0.29, 0.717) is 49.5 Å². The molecule has 0 radical (unpaired) electrons. The van der Waals surface area contributed by atoms with Gasteiger partial charge in [0.25, 0.3) is 0 Å². The van der Waals surface area contributed by atoms with E-state index in [2.05, 4.69) is 13.8 Å². The van der Waals surface area contributed by atoms with Crippen LogP contribution < -0.4 is 4.74 Å². The Balaban J connectivity index is 2.08. The first-order valence-corrected chi connectivity index (χ1v) is 8.25. The Kier molecular flexibility index (Phi) is 5.01. The van der Waals surface area contributed by atoms with Gasteiger partial charge in [-0.2, -0.15) is 4.31 Å². The van der Waals surface area contributed by atoms with Crippen molar-refractivity contribution in [1.82, 2.24) is 4.31 Å². The molecule has 0 bridgehead atoms. The quantitative estimate of drug-likeness (QED) is 0.831. The summed E-state index contributed by atoms with van der Waals surface area (Å²) in [4.78, 5) is 0.302. The maximum atomic E-state index is 12.4. The molecule has 1 heterocycles. The van der Waals surface area contributed by atoms with Crippen LogP contribution in [0.5, 0.6) is 5.75 Å². The Bertz CT molecular complexity index is 519. The maximum Gasteiger partial charge on any atom is 0.243 e. The molecule has 5 nitrogen and oxygen atoms in total. The molecule has 0 unspecified atom stereocenters. The fourth-order valence-corrected chi connectivity index (χ4v) is 3.31. The lowest BCUT2D eigenvalue weighted by atomic mass is 10.2. The number of benzene rings is 1. The van der Waals surface area contributed by atoms with Crippen LogP contribution in [0.3, 0.4) is 0 Å². The van der Waals surface area contributed by atoms with Gasteiger partial charge in [0.1, 0.15) is 5.75 Å². The first-order valence-electron chi connectivity index (χ1n) is 6.81. The van der Waals surface area contributed by atoms with Gasteiger partial charge in [-0.05, 0) is 30.2 Å². The molecule has 0 aromatic heterocycles. The zero-order valence-electron chi connectivity index (χ0n) is 11.9. The second-order valence-electron chi connectivity index (χ2n) is 5.19. The van der Waals surface area contributed by atoms with Crippen LogP contribution in [-0.2, 0) is 14.8 Å². The standard InChI is InChI=1S/C14H21NO4S/c1-12(2)11-19-13-3-5-14(6-4-13)20(16,17)15-7-9-18-10-8-15/h3-6,12H,7-11H2,1-2H3. The Morgan fingerprint density at radius 2 is 1.80 bits per heavy atom. The highest BCUT2D eigenvalue weighted by Gasteiger charge is 2.26. The summed E-state index contributed by atoms with van der Waals surface area (Å²) in [5, 5.41) is 0. The van der Waals surface area contributed by atoms with Crippen LogP contribution >= 0.6 is 0 Å². The molecular formula is C14H21NO4S. The van der Waals surface area contributed by atoms with Crippen molar-refractivity contribution >= 4 is 10.0 Å². The van der Waals surface area contributed by atoms with Crippen LogP contribution in [-0.4, -0.2) is 45.6 Å². The van der Waals surface area contributed by atoms with Crippen molar-refractivity contribution in [1.29, 1.82) is 0 Å². The summed E-state index contributed by atoms with van der Waals surface area (Å²) in [5.74, 6) is 1.13. The largest absolute Gasteiger partial charge is 0.493 e. The number of sulfonamides is 1. The van der Waals surface area contributed by atoms with Crippen LogP contribution in [0.2, 0.25) is 0 Å². The van der Waals surface area contributed by atoms with Gasteiger partial charge in [0, 0.05) is 13.1 Å². The molecule has 1 aliphatic heterocycles. The lowest BCUT2D eigenvalue weighted by molar-refractivity contribution is 0.0730. The minimum atomic E-state index is -3.41. The van der Waals surface area contributed by atoms with Crippen LogP contribution in [0.1, 0.15) is 13.8 Å². The second kappa shape index (κ2) is 6.56. The molecule has 1 aromatic rings. The van der Waals surface area contributed by atoms with Gasteiger partial charge in [-0.15, -0.1) is 0 Å². The van der Waals surface area contributed by atoms with Gasteiger partial charge in [-0.1, -0.05) is 13.8 Å². The summed E-state index contributed by atoms with van der Waals surface area (Å²) < 4.78 is 37.0. The van der Waals surface area contributed by atoms with Gasteiger partial charge >= 0.3 is 0 Å². The van der Waals surface area contributed by atoms with Crippen molar-refractivity contribution in [2.75, 3.05) is 32.9 Å². The predicted molar refractivity (Wildman–Crippen MR) is 76.4 cm³/mol. The van der Waals surface area contributed by atoms with Crippen molar-refractivity contribution < 1.29 is 17.9 Å². The van der Waals surface area contributed by atoms with Crippen LogP contribution in [0, 0.1) is 5.92 Å². The number of hydrogen-bond acceptors (Lipinski definition) is 4. The minimum absolute atomic E-state index is 0.302. The van der Waals surface area contributed by atoms with E-state index in [1.54, 1.807) is 24.3 Å². The Hall–Kier alpha value is -1.11. The van der Waals surface area contributed by atoms with Gasteiger partial charge in [0.15, 0.2) is 0 Å². The molecule has 0 spiro atoms. The Morgan fingerprint density at radius 1 is 1.20 bits per heavy atom. The Morgan fingerprint density at radius 3 is 2.35 bits per heavy atom. The number of nitrogens with zero attached hydrogens (tertiary/aromatic N) is 1. The third-order valence-corrected chi connectivity index (χ3v) is 4.93. The van der Waals surface area contributed by atoms with Gasteiger partial charge in [0.2, 0.25) is 10.0 Å². The topological polar surface area (TPSA) is 55.8 Å². The average molecular weight is 299 g/mol. The van der Waals surface area contributed by atoms with E-state index < -0.39 is 10.0 Å². The molecule has 0 saturated carbocycles. The maximum absolute atomic E-state index is 12.4. The molecule has 112 valence electrons. The monoisotopic (exact) mass is 299 g/mol. The average Bonchev–Trinajstić information content (AvgIpc) is 2.46. The van der Waals surface area contributed by atoms with Crippen molar-refractivity contribution in [2.45, 2.75) is 18.7 Å². The summed E-state index contributed by atoms with van der Waals surface area (Å²) in [6.45, 7) is 6.48. The number of morpholine rings is 1. The fraction of sp³-hybridized carbons (Fsp3) is 0.571. The zero-order valence-corrected chi connectivity index (χ0v) is 12.7. The summed E-state index contributed by atoms with van der Waals surface area (Å²) in [5.41, 5.74) is 0. The van der Waals surface area contributed by atoms with Crippen LogP contribution in [0.25, 0.3) is 0 Å². The second-order valence-corrected chi connectivity index (χ2v) is 7.13. The third-order valence-electron chi connectivity index (χ3n) is 3.01. The first-order chi connectivity index (χ1) is 9.50. The number of hydrogen-bond donors (Lipinski definition) is 0. The van der Waals surface area contributed by atoms with Gasteiger partial charge in [-0.25, -0.2) is 8.42 Å². The lowest BCUT2D eigenvalue weighted by Crippen LogP contribution is -2.40. The summed E-state index contributed by atoms with van der Waals surface area (Å²) in [6.07, 6.45) is 0. The molecule has 0 atom stereocenters. The van der Waals surface area contributed by atoms with E-state index in [-0.39, 0.29) is 0 Å². The minimum Gasteiger partial charge on any atom is -0.493 e. The zero-order chi connectivity index (χ0) is 14.6. The van der Waals surface area contributed by atoms with Crippen molar-refractivity contribution in [3.8, 4) is 5.75 Å². The lowest BCUT2D eigenvalue weighted by Gasteiger charge is -2.26. The highest BCUT2D eigenvalue weighted by Crippen LogP contribution is 2.20. The van der Waals surface area contributed by atoms with E-state index in [4.69, 9.17) is 9.47 Å². The molecule has 1 saturated heterocycles. The summed E-state index contributed by atoms with van der Waals surface area (Å²) in [7, 11) is -3.41. The number of ether oxygens (including phenoxy) is 2. The third kappa shape index (κ3) is 3.71. The fourth-order valence-electron chi connectivity index (χ4n) is 1.91. The first kappa shape index (κ1) is 15.3. The Labute approximate surface area is 120 Å². The van der Waals surface area contributed by atoms with E-state index in [9.17, 15) is 8.42 Å². The molecule has 6 heteroatoms. The van der Waals surface area contributed by atoms with Crippen molar-refractivity contribution in [2.24, 2.45) is 5.92 Å². The van der Waals surface area contributed by atoms with E-state index in [1.807, 2.05) is 0 Å². The molecule has 0 N–H and O–H groups in total. The molecule has 0 amide bonds. The van der Waals surface area contributed by atoms with Gasteiger partial charge < -0.3 is 9.47 Å². The molecule has 1 aliphatic rings. The van der Waals surface area contributed by atoms with E-state index in [1.165, 1.54) is 4.31 Å². The van der Waals surface area contributed by atoms with Gasteiger partial charge in [-0.3, -0.25) is 0 Å². The normalized spacial score (nSPS) is 17.4. The molecular weight excluding hydrogens is 278 g/mol. The van der Waals surface area contributed by atoms with Gasteiger partial charge in [0.05, 0.1) is 24.7 Å². The van der Waals surface area contributed by atoms with Crippen molar-refractivity contribution in [3.05, 3.63) is 24.3 Å². The molecule has 2 rings (SSSR count).